The average molecular weight is 276 g/mol. The molecule has 0 spiro atoms. The van der Waals surface area contributed by atoms with Gasteiger partial charge in [-0.2, -0.15) is 0 Å². The lowest BCUT2D eigenvalue weighted by Crippen LogP contribution is -2.31. The van der Waals surface area contributed by atoms with Crippen LogP contribution in [0.2, 0.25) is 0 Å². The maximum Gasteiger partial charge on any atom is 0.220 e. The summed E-state index contributed by atoms with van der Waals surface area (Å²) < 4.78 is 0. The van der Waals surface area contributed by atoms with Gasteiger partial charge in [-0.15, -0.1) is 0 Å². The standard InChI is InChI=1S/C12H22BrNO/c1-2-10(6-7-13)9-14-12(15)8-11-4-3-5-11/h10-11H,2-9H2,1H3,(H,14,15). The molecular weight excluding hydrogens is 254 g/mol. The minimum Gasteiger partial charge on any atom is -0.356 e. The van der Waals surface area contributed by atoms with Crippen LogP contribution in [0.4, 0.5) is 0 Å². The van der Waals surface area contributed by atoms with E-state index in [4.69, 9.17) is 0 Å². The van der Waals surface area contributed by atoms with Gasteiger partial charge in [-0.25, -0.2) is 0 Å². The Morgan fingerprint density at radius 1 is 1.53 bits per heavy atom. The molecule has 1 atom stereocenters. The Morgan fingerprint density at radius 3 is 2.73 bits per heavy atom. The van der Waals surface area contributed by atoms with E-state index in [-0.39, 0.29) is 5.91 Å². The monoisotopic (exact) mass is 275 g/mol. The van der Waals surface area contributed by atoms with Crippen LogP contribution in [-0.4, -0.2) is 17.8 Å². The van der Waals surface area contributed by atoms with Crippen LogP contribution in [0.1, 0.15) is 45.4 Å². The Kier molecular flexibility index (Phi) is 6.30. The van der Waals surface area contributed by atoms with Gasteiger partial charge in [0.2, 0.25) is 5.91 Å². The van der Waals surface area contributed by atoms with Crippen LogP contribution in [0.3, 0.4) is 0 Å². The number of hydrogen-bond acceptors (Lipinski definition) is 1. The third kappa shape index (κ3) is 5.01. The predicted molar refractivity (Wildman–Crippen MR) is 67.2 cm³/mol. The molecule has 3 heteroatoms. The Bertz CT molecular complexity index is 192. The Balaban J connectivity index is 2.08. The van der Waals surface area contributed by atoms with Crippen LogP contribution in [-0.2, 0) is 4.79 Å². The van der Waals surface area contributed by atoms with Crippen molar-refractivity contribution in [3.8, 4) is 0 Å². The lowest BCUT2D eigenvalue weighted by atomic mass is 9.83. The largest absolute Gasteiger partial charge is 0.356 e. The van der Waals surface area contributed by atoms with E-state index in [9.17, 15) is 4.79 Å². The molecule has 0 aromatic rings. The first-order valence-corrected chi connectivity index (χ1v) is 7.21. The van der Waals surface area contributed by atoms with Gasteiger partial charge in [0, 0.05) is 18.3 Å². The van der Waals surface area contributed by atoms with Gasteiger partial charge in [-0.3, -0.25) is 4.79 Å². The fraction of sp³-hybridized carbons (Fsp3) is 0.917. The summed E-state index contributed by atoms with van der Waals surface area (Å²) in [6.07, 6.45) is 6.89. The molecule has 1 aliphatic carbocycles. The molecule has 15 heavy (non-hydrogen) atoms. The third-order valence-electron chi connectivity index (χ3n) is 3.38. The van der Waals surface area contributed by atoms with E-state index in [1.807, 2.05) is 0 Å². The number of rotatable bonds is 7. The lowest BCUT2D eigenvalue weighted by molar-refractivity contribution is -0.122. The fourth-order valence-electron chi connectivity index (χ4n) is 1.89. The molecule has 0 heterocycles. The van der Waals surface area contributed by atoms with E-state index < -0.39 is 0 Å². The summed E-state index contributed by atoms with van der Waals surface area (Å²) in [6, 6.07) is 0. The van der Waals surface area contributed by atoms with Crippen LogP contribution >= 0.6 is 15.9 Å². The second-order valence-electron chi connectivity index (χ2n) is 4.56. The van der Waals surface area contributed by atoms with Crippen LogP contribution in [0.15, 0.2) is 0 Å². The predicted octanol–water partition coefficient (Wildman–Crippen LogP) is 3.10. The lowest BCUT2D eigenvalue weighted by Gasteiger charge is -2.25. The highest BCUT2D eigenvalue weighted by Crippen LogP contribution is 2.29. The molecule has 1 aliphatic rings. The number of halogens is 1. The van der Waals surface area contributed by atoms with E-state index >= 15 is 0 Å². The highest BCUT2D eigenvalue weighted by molar-refractivity contribution is 9.09. The molecule has 0 saturated heterocycles. The number of carbonyl (C=O) groups excluding carboxylic acids is 1. The van der Waals surface area contributed by atoms with Crippen molar-refractivity contribution in [2.45, 2.75) is 45.4 Å². The van der Waals surface area contributed by atoms with Crippen molar-refractivity contribution < 1.29 is 4.79 Å². The van der Waals surface area contributed by atoms with E-state index in [0.717, 1.165) is 31.1 Å². The number of nitrogens with one attached hydrogen (secondary N) is 1. The van der Waals surface area contributed by atoms with Crippen LogP contribution in [0.25, 0.3) is 0 Å². The smallest absolute Gasteiger partial charge is 0.220 e. The van der Waals surface area contributed by atoms with Crippen molar-refractivity contribution in [1.82, 2.24) is 5.32 Å². The molecule has 1 amide bonds. The molecule has 0 radical (unpaired) electrons. The molecule has 88 valence electrons. The highest BCUT2D eigenvalue weighted by atomic mass is 79.9. The van der Waals surface area contributed by atoms with Crippen molar-refractivity contribution >= 4 is 21.8 Å². The quantitative estimate of drug-likeness (QED) is 0.711. The maximum absolute atomic E-state index is 11.5. The summed E-state index contributed by atoms with van der Waals surface area (Å²) in [6.45, 7) is 3.04. The second kappa shape index (κ2) is 7.26. The summed E-state index contributed by atoms with van der Waals surface area (Å²) in [5.41, 5.74) is 0. The van der Waals surface area contributed by atoms with Crippen molar-refractivity contribution in [2.75, 3.05) is 11.9 Å². The minimum atomic E-state index is 0.257. The number of hydrogen-bond donors (Lipinski definition) is 1. The molecule has 0 bridgehead atoms. The first kappa shape index (κ1) is 13.0. The van der Waals surface area contributed by atoms with E-state index in [1.54, 1.807) is 0 Å². The van der Waals surface area contributed by atoms with Crippen LogP contribution in [0.5, 0.6) is 0 Å². The topological polar surface area (TPSA) is 29.1 Å². The second-order valence-corrected chi connectivity index (χ2v) is 5.35. The van der Waals surface area contributed by atoms with Crippen molar-refractivity contribution in [1.29, 1.82) is 0 Å². The minimum absolute atomic E-state index is 0.257. The zero-order valence-corrected chi connectivity index (χ0v) is 11.2. The summed E-state index contributed by atoms with van der Waals surface area (Å²) in [5.74, 6) is 1.57. The fourth-order valence-corrected chi connectivity index (χ4v) is 2.54. The Labute approximate surface area is 101 Å². The molecule has 1 rings (SSSR count). The van der Waals surface area contributed by atoms with E-state index in [0.29, 0.717) is 11.8 Å². The maximum atomic E-state index is 11.5. The van der Waals surface area contributed by atoms with Gasteiger partial charge in [-0.05, 0) is 31.1 Å². The van der Waals surface area contributed by atoms with Crippen molar-refractivity contribution in [2.24, 2.45) is 11.8 Å². The number of amides is 1. The van der Waals surface area contributed by atoms with E-state index in [1.165, 1.54) is 19.3 Å². The Hall–Kier alpha value is -0.0500. The van der Waals surface area contributed by atoms with Crippen LogP contribution < -0.4 is 5.32 Å². The molecular formula is C12H22BrNO. The van der Waals surface area contributed by atoms with Crippen molar-refractivity contribution in [3.63, 3.8) is 0 Å². The van der Waals surface area contributed by atoms with Gasteiger partial charge in [0.1, 0.15) is 0 Å². The van der Waals surface area contributed by atoms with E-state index in [2.05, 4.69) is 28.2 Å². The number of alkyl halides is 1. The molecule has 0 aliphatic heterocycles. The zero-order chi connectivity index (χ0) is 11.1. The van der Waals surface area contributed by atoms with Gasteiger partial charge in [0.15, 0.2) is 0 Å². The molecule has 1 fully saturated rings. The highest BCUT2D eigenvalue weighted by Gasteiger charge is 2.20. The molecule has 1 unspecified atom stereocenters. The summed E-state index contributed by atoms with van der Waals surface area (Å²) in [7, 11) is 0. The SMILES string of the molecule is CCC(CCBr)CNC(=O)CC1CCC1. The molecule has 1 N–H and O–H groups in total. The Morgan fingerprint density at radius 2 is 2.27 bits per heavy atom. The van der Waals surface area contributed by atoms with Gasteiger partial charge in [-0.1, -0.05) is 35.7 Å². The summed E-state index contributed by atoms with van der Waals surface area (Å²) in [4.78, 5) is 11.5. The summed E-state index contributed by atoms with van der Waals surface area (Å²) >= 11 is 3.45. The average Bonchev–Trinajstić information content (AvgIpc) is 2.18. The summed E-state index contributed by atoms with van der Waals surface area (Å²) in [5, 5.41) is 4.09. The normalized spacial score (nSPS) is 18.3. The first-order chi connectivity index (χ1) is 7.26. The van der Waals surface area contributed by atoms with Gasteiger partial charge in [0.05, 0.1) is 0 Å². The molecule has 0 aromatic carbocycles. The van der Waals surface area contributed by atoms with Crippen LogP contribution in [0, 0.1) is 11.8 Å². The first-order valence-electron chi connectivity index (χ1n) is 6.09. The molecule has 0 aromatic heterocycles. The van der Waals surface area contributed by atoms with Gasteiger partial charge < -0.3 is 5.32 Å². The van der Waals surface area contributed by atoms with Crippen molar-refractivity contribution in [3.05, 3.63) is 0 Å². The third-order valence-corrected chi connectivity index (χ3v) is 3.84. The zero-order valence-electron chi connectivity index (χ0n) is 9.60. The molecule has 2 nitrogen and oxygen atoms in total. The number of carbonyl (C=O) groups is 1. The van der Waals surface area contributed by atoms with Gasteiger partial charge >= 0.3 is 0 Å². The molecule has 1 saturated carbocycles. The van der Waals surface area contributed by atoms with Gasteiger partial charge in [0.25, 0.3) is 0 Å².